The van der Waals surface area contributed by atoms with Crippen LogP contribution in [0.5, 0.6) is 0 Å². The Morgan fingerprint density at radius 1 is 1.12 bits per heavy atom. The largest absolute Gasteiger partial charge is 0.466 e. The van der Waals surface area contributed by atoms with Crippen LogP contribution in [-0.4, -0.2) is 36.2 Å². The number of carbonyl (C=O) groups is 2. The van der Waals surface area contributed by atoms with E-state index in [1.807, 2.05) is 60.7 Å². The number of hydrogen-bond acceptors (Lipinski definition) is 4. The van der Waals surface area contributed by atoms with Crippen LogP contribution in [0.1, 0.15) is 24.1 Å². The zero-order chi connectivity index (χ0) is 18.3. The minimum atomic E-state index is -1.14. The Morgan fingerprint density at radius 3 is 2.35 bits per heavy atom. The molecule has 1 amide bonds. The van der Waals surface area contributed by atoms with Gasteiger partial charge in [-0.05, 0) is 18.1 Å². The number of rotatable bonds is 3. The number of carbonyl (C=O) groups excluding carboxylic acids is 2. The minimum Gasteiger partial charge on any atom is -0.466 e. The van der Waals surface area contributed by atoms with Gasteiger partial charge in [0.2, 0.25) is 0 Å². The average molecular weight is 349 g/mol. The molecule has 26 heavy (non-hydrogen) atoms. The number of ether oxygens (including phenoxy) is 2. The van der Waals surface area contributed by atoms with Crippen LogP contribution in [-0.2, 0) is 19.1 Å². The molecule has 1 saturated heterocycles. The lowest BCUT2D eigenvalue weighted by molar-refractivity contribution is -0.143. The predicted molar refractivity (Wildman–Crippen MR) is 95.8 cm³/mol. The predicted octanol–water partition coefficient (Wildman–Crippen LogP) is 2.94. The summed E-state index contributed by atoms with van der Waals surface area (Å²) in [5, 5.41) is 0. The fourth-order valence-corrected chi connectivity index (χ4v) is 3.86. The monoisotopic (exact) mass is 349 g/mol. The Balaban J connectivity index is 1.87. The molecule has 2 aromatic rings. The van der Waals surface area contributed by atoms with E-state index in [2.05, 4.69) is 0 Å². The standard InChI is InChI=1S/C21H19NO4/c1-21-18(20(24)25-2)17(15-11-7-4-8-12-15)19(23)22(21)16(13-26-21)14-9-5-3-6-10-14/h3-12,16H,13H2,1-2H3/t16-,21-/m0/s1. The third-order valence-electron chi connectivity index (χ3n) is 5.08. The number of benzene rings is 2. The second-order valence-corrected chi connectivity index (χ2v) is 6.50. The van der Waals surface area contributed by atoms with Crippen LogP contribution in [0.2, 0.25) is 0 Å². The van der Waals surface area contributed by atoms with Gasteiger partial charge in [-0.15, -0.1) is 0 Å². The molecule has 0 bridgehead atoms. The quantitative estimate of drug-likeness (QED) is 0.800. The Morgan fingerprint density at radius 2 is 1.73 bits per heavy atom. The molecular formula is C21H19NO4. The van der Waals surface area contributed by atoms with Gasteiger partial charge in [-0.1, -0.05) is 60.7 Å². The second kappa shape index (κ2) is 6.11. The molecule has 2 aliphatic heterocycles. The molecule has 0 saturated carbocycles. The van der Waals surface area contributed by atoms with Gasteiger partial charge in [0.25, 0.3) is 5.91 Å². The molecule has 0 aromatic heterocycles. The summed E-state index contributed by atoms with van der Waals surface area (Å²) in [5.74, 6) is -0.763. The first-order valence-corrected chi connectivity index (χ1v) is 8.49. The maximum Gasteiger partial charge on any atom is 0.339 e. The van der Waals surface area contributed by atoms with Crippen molar-refractivity contribution in [1.29, 1.82) is 0 Å². The van der Waals surface area contributed by atoms with Gasteiger partial charge in [0, 0.05) is 0 Å². The fourth-order valence-electron chi connectivity index (χ4n) is 3.86. The molecule has 5 nitrogen and oxygen atoms in total. The topological polar surface area (TPSA) is 55.8 Å². The van der Waals surface area contributed by atoms with Gasteiger partial charge >= 0.3 is 5.97 Å². The van der Waals surface area contributed by atoms with Gasteiger partial charge in [0.1, 0.15) is 5.57 Å². The SMILES string of the molecule is COC(=O)C1=C(c2ccccc2)C(=O)N2[C@H](c3ccccc3)CO[C@@]12C. The summed E-state index contributed by atoms with van der Waals surface area (Å²) in [6, 6.07) is 18.6. The van der Waals surface area contributed by atoms with Crippen molar-refractivity contribution < 1.29 is 19.1 Å². The molecule has 2 aromatic carbocycles. The number of methoxy groups -OCH3 is 1. The first-order chi connectivity index (χ1) is 12.6. The Bertz CT molecular complexity index is 891. The summed E-state index contributed by atoms with van der Waals surface area (Å²) in [4.78, 5) is 27.6. The normalized spacial score (nSPS) is 24.8. The molecule has 132 valence electrons. The van der Waals surface area contributed by atoms with Crippen molar-refractivity contribution in [1.82, 2.24) is 4.90 Å². The molecular weight excluding hydrogens is 330 g/mol. The van der Waals surface area contributed by atoms with Crippen molar-refractivity contribution in [2.24, 2.45) is 0 Å². The number of nitrogens with zero attached hydrogens (tertiary/aromatic N) is 1. The highest BCUT2D eigenvalue weighted by Crippen LogP contribution is 2.50. The summed E-state index contributed by atoms with van der Waals surface area (Å²) >= 11 is 0. The zero-order valence-electron chi connectivity index (χ0n) is 14.6. The van der Waals surface area contributed by atoms with Gasteiger partial charge in [-0.3, -0.25) is 9.69 Å². The van der Waals surface area contributed by atoms with E-state index in [0.29, 0.717) is 17.7 Å². The van der Waals surface area contributed by atoms with Gasteiger partial charge in [0.05, 0.1) is 25.3 Å². The van der Waals surface area contributed by atoms with E-state index in [1.54, 1.807) is 11.8 Å². The van der Waals surface area contributed by atoms with E-state index in [9.17, 15) is 9.59 Å². The van der Waals surface area contributed by atoms with Crippen LogP contribution in [0.3, 0.4) is 0 Å². The third kappa shape index (κ3) is 2.28. The van der Waals surface area contributed by atoms with E-state index in [1.165, 1.54) is 7.11 Å². The van der Waals surface area contributed by atoms with Crippen LogP contribution in [0.4, 0.5) is 0 Å². The Kier molecular flexibility index (Phi) is 3.89. The van der Waals surface area contributed by atoms with Crippen molar-refractivity contribution in [3.05, 3.63) is 77.4 Å². The van der Waals surface area contributed by atoms with E-state index < -0.39 is 11.7 Å². The van der Waals surface area contributed by atoms with Crippen LogP contribution in [0.15, 0.2) is 66.2 Å². The summed E-state index contributed by atoms with van der Waals surface area (Å²) in [6.45, 7) is 2.09. The highest BCUT2D eigenvalue weighted by atomic mass is 16.5. The molecule has 0 aliphatic carbocycles. The van der Waals surface area contributed by atoms with Crippen LogP contribution < -0.4 is 0 Å². The van der Waals surface area contributed by atoms with Crippen molar-refractivity contribution in [2.45, 2.75) is 18.7 Å². The molecule has 5 heteroatoms. The molecule has 0 radical (unpaired) electrons. The number of fused-ring (bicyclic) bond motifs is 1. The molecule has 2 aliphatic rings. The fraction of sp³-hybridized carbons (Fsp3) is 0.238. The minimum absolute atomic E-state index is 0.217. The molecule has 1 fully saturated rings. The maximum absolute atomic E-state index is 13.4. The molecule has 0 N–H and O–H groups in total. The van der Waals surface area contributed by atoms with Crippen LogP contribution in [0, 0.1) is 0 Å². The lowest BCUT2D eigenvalue weighted by atomic mass is 9.97. The van der Waals surface area contributed by atoms with E-state index in [4.69, 9.17) is 9.47 Å². The van der Waals surface area contributed by atoms with Gasteiger partial charge in [-0.25, -0.2) is 4.79 Å². The highest BCUT2D eigenvalue weighted by Gasteiger charge is 2.59. The summed E-state index contributed by atoms with van der Waals surface area (Å²) in [6.07, 6.45) is 0. The molecule has 2 heterocycles. The maximum atomic E-state index is 13.4. The van der Waals surface area contributed by atoms with Crippen molar-refractivity contribution in [2.75, 3.05) is 13.7 Å². The van der Waals surface area contributed by atoms with Crippen LogP contribution >= 0.6 is 0 Å². The van der Waals surface area contributed by atoms with Gasteiger partial charge in [0.15, 0.2) is 5.72 Å². The zero-order valence-corrected chi connectivity index (χ0v) is 14.6. The van der Waals surface area contributed by atoms with Crippen molar-refractivity contribution >= 4 is 17.4 Å². The molecule has 4 rings (SSSR count). The summed E-state index contributed by atoms with van der Waals surface area (Å²) < 4.78 is 11.0. The summed E-state index contributed by atoms with van der Waals surface area (Å²) in [5.41, 5.74) is 1.12. The Hall–Kier alpha value is -2.92. The third-order valence-corrected chi connectivity index (χ3v) is 5.08. The van der Waals surface area contributed by atoms with Crippen molar-refractivity contribution in [3.63, 3.8) is 0 Å². The van der Waals surface area contributed by atoms with E-state index in [-0.39, 0.29) is 17.5 Å². The average Bonchev–Trinajstić information content (AvgIpc) is 3.14. The second-order valence-electron chi connectivity index (χ2n) is 6.50. The first-order valence-electron chi connectivity index (χ1n) is 8.49. The molecule has 0 spiro atoms. The number of hydrogen-bond donors (Lipinski definition) is 0. The lowest BCUT2D eigenvalue weighted by Crippen LogP contribution is -2.44. The van der Waals surface area contributed by atoms with E-state index in [0.717, 1.165) is 5.56 Å². The first kappa shape index (κ1) is 16.5. The molecule has 0 unspecified atom stereocenters. The molecule has 2 atom stereocenters. The number of esters is 1. The lowest BCUT2D eigenvalue weighted by Gasteiger charge is -2.31. The number of amides is 1. The highest BCUT2D eigenvalue weighted by molar-refractivity contribution is 6.29. The van der Waals surface area contributed by atoms with Crippen LogP contribution in [0.25, 0.3) is 5.57 Å². The van der Waals surface area contributed by atoms with Gasteiger partial charge in [-0.2, -0.15) is 0 Å². The van der Waals surface area contributed by atoms with Crippen molar-refractivity contribution in [3.8, 4) is 0 Å². The summed E-state index contributed by atoms with van der Waals surface area (Å²) in [7, 11) is 1.32. The van der Waals surface area contributed by atoms with Gasteiger partial charge < -0.3 is 9.47 Å². The Labute approximate surface area is 151 Å². The van der Waals surface area contributed by atoms with E-state index >= 15 is 0 Å². The smallest absolute Gasteiger partial charge is 0.339 e.